The average molecular weight is 213 g/mol. The summed E-state index contributed by atoms with van der Waals surface area (Å²) < 4.78 is 0. The molecule has 1 aromatic carbocycles. The largest absolute Gasteiger partial charge is 0.390 e. The Labute approximate surface area is 95.6 Å². The van der Waals surface area contributed by atoms with Gasteiger partial charge in [-0.2, -0.15) is 0 Å². The first-order valence-electron chi connectivity index (χ1n) is 5.34. The molecule has 2 nitrogen and oxygen atoms in total. The Kier molecular flexibility index (Phi) is 3.02. The van der Waals surface area contributed by atoms with E-state index in [9.17, 15) is 0 Å². The number of aliphatic hydroxyl groups is 1. The molecule has 2 heteroatoms. The predicted molar refractivity (Wildman–Crippen MR) is 65.1 cm³/mol. The number of benzene rings is 1. The number of hydrogen-bond donors (Lipinski definition) is 1. The van der Waals surface area contributed by atoms with E-state index in [0.717, 1.165) is 11.3 Å². The summed E-state index contributed by atoms with van der Waals surface area (Å²) in [5, 5.41) is 9.06. The van der Waals surface area contributed by atoms with Crippen LogP contribution in [0.3, 0.4) is 0 Å². The molecule has 0 aliphatic carbocycles. The normalized spacial score (nSPS) is 10.4. The maximum absolute atomic E-state index is 9.06. The molecule has 0 saturated heterocycles. The molecule has 0 saturated carbocycles. The van der Waals surface area contributed by atoms with Crippen LogP contribution in [-0.2, 0) is 6.61 Å². The molecular formula is C14H15NO. The van der Waals surface area contributed by atoms with Crippen LogP contribution in [0.2, 0.25) is 0 Å². The predicted octanol–water partition coefficient (Wildman–Crippen LogP) is 2.86. The van der Waals surface area contributed by atoms with E-state index in [1.165, 1.54) is 11.1 Å². The second kappa shape index (κ2) is 4.45. The van der Waals surface area contributed by atoms with E-state index < -0.39 is 0 Å². The van der Waals surface area contributed by atoms with Crippen LogP contribution in [0, 0.1) is 13.8 Å². The maximum Gasteiger partial charge on any atom is 0.0853 e. The lowest BCUT2D eigenvalue weighted by atomic mass is 10.0. The highest BCUT2D eigenvalue weighted by Gasteiger charge is 2.02. The fraction of sp³-hybridized carbons (Fsp3) is 0.214. The summed E-state index contributed by atoms with van der Waals surface area (Å²) in [5.74, 6) is 0. The van der Waals surface area contributed by atoms with Gasteiger partial charge in [0.2, 0.25) is 0 Å². The molecule has 0 aliphatic heterocycles. The summed E-state index contributed by atoms with van der Waals surface area (Å²) in [7, 11) is 0. The molecule has 0 aliphatic rings. The van der Waals surface area contributed by atoms with Crippen LogP contribution in [0.4, 0.5) is 0 Å². The van der Waals surface area contributed by atoms with Crippen LogP contribution in [0.1, 0.15) is 16.8 Å². The van der Waals surface area contributed by atoms with Crippen molar-refractivity contribution in [1.29, 1.82) is 0 Å². The molecule has 16 heavy (non-hydrogen) atoms. The van der Waals surface area contributed by atoms with E-state index in [1.807, 2.05) is 18.2 Å². The van der Waals surface area contributed by atoms with Gasteiger partial charge in [0, 0.05) is 5.56 Å². The quantitative estimate of drug-likeness (QED) is 0.832. The minimum Gasteiger partial charge on any atom is -0.390 e. The number of aliphatic hydroxyl groups excluding tert-OH is 1. The van der Waals surface area contributed by atoms with Crippen molar-refractivity contribution in [1.82, 2.24) is 4.98 Å². The lowest BCUT2D eigenvalue weighted by Crippen LogP contribution is -1.92. The van der Waals surface area contributed by atoms with Crippen LogP contribution < -0.4 is 0 Å². The van der Waals surface area contributed by atoms with Crippen LogP contribution >= 0.6 is 0 Å². The summed E-state index contributed by atoms with van der Waals surface area (Å²) in [6, 6.07) is 12.1. The van der Waals surface area contributed by atoms with E-state index in [4.69, 9.17) is 5.11 Å². The fourth-order valence-electron chi connectivity index (χ4n) is 1.85. The van der Waals surface area contributed by atoms with Gasteiger partial charge in [0.15, 0.2) is 0 Å². The van der Waals surface area contributed by atoms with Gasteiger partial charge in [0.25, 0.3) is 0 Å². The van der Waals surface area contributed by atoms with Crippen LogP contribution in [0.5, 0.6) is 0 Å². The minimum absolute atomic E-state index is 0.0152. The Bertz CT molecular complexity index is 486. The zero-order valence-corrected chi connectivity index (χ0v) is 9.57. The van der Waals surface area contributed by atoms with Gasteiger partial charge in [-0.15, -0.1) is 0 Å². The van der Waals surface area contributed by atoms with Gasteiger partial charge in [-0.1, -0.05) is 23.3 Å². The van der Waals surface area contributed by atoms with Crippen LogP contribution in [0.25, 0.3) is 11.3 Å². The van der Waals surface area contributed by atoms with Crippen molar-refractivity contribution in [2.75, 3.05) is 0 Å². The van der Waals surface area contributed by atoms with E-state index in [2.05, 4.69) is 37.0 Å². The van der Waals surface area contributed by atoms with Crippen molar-refractivity contribution < 1.29 is 5.11 Å². The number of aryl methyl sites for hydroxylation is 2. The zero-order valence-electron chi connectivity index (χ0n) is 9.57. The van der Waals surface area contributed by atoms with Gasteiger partial charge in [0.05, 0.1) is 18.0 Å². The molecule has 82 valence electrons. The highest BCUT2D eigenvalue weighted by Crippen LogP contribution is 2.20. The molecule has 0 atom stereocenters. The van der Waals surface area contributed by atoms with Gasteiger partial charge in [-0.05, 0) is 38.1 Å². The first-order valence-corrected chi connectivity index (χ1v) is 5.34. The molecule has 2 aromatic rings. The first kappa shape index (κ1) is 10.8. The smallest absolute Gasteiger partial charge is 0.0853 e. The fourth-order valence-corrected chi connectivity index (χ4v) is 1.85. The zero-order chi connectivity index (χ0) is 11.5. The summed E-state index contributed by atoms with van der Waals surface area (Å²) in [5.41, 5.74) is 5.18. The van der Waals surface area contributed by atoms with E-state index in [0.29, 0.717) is 5.69 Å². The molecular weight excluding hydrogens is 198 g/mol. The third kappa shape index (κ3) is 2.28. The van der Waals surface area contributed by atoms with Crippen molar-refractivity contribution in [3.8, 4) is 11.3 Å². The van der Waals surface area contributed by atoms with Crippen molar-refractivity contribution in [2.45, 2.75) is 20.5 Å². The number of rotatable bonds is 2. The second-order valence-corrected chi connectivity index (χ2v) is 4.05. The summed E-state index contributed by atoms with van der Waals surface area (Å²) in [6.45, 7) is 4.14. The third-order valence-electron chi connectivity index (χ3n) is 2.49. The molecule has 0 bridgehead atoms. The van der Waals surface area contributed by atoms with E-state index in [-0.39, 0.29) is 6.61 Å². The van der Waals surface area contributed by atoms with Gasteiger partial charge >= 0.3 is 0 Å². The minimum atomic E-state index is -0.0152. The highest BCUT2D eigenvalue weighted by molar-refractivity contribution is 5.61. The standard InChI is InChI=1S/C14H15NO/c1-10-6-11(2)8-12(7-10)14-5-3-4-13(9-16)15-14/h3-8,16H,9H2,1-2H3. The Morgan fingerprint density at radius 3 is 2.38 bits per heavy atom. The molecule has 0 unspecified atom stereocenters. The summed E-state index contributed by atoms with van der Waals surface area (Å²) in [4.78, 5) is 4.39. The molecule has 0 fully saturated rings. The number of pyridine rings is 1. The van der Waals surface area contributed by atoms with Crippen molar-refractivity contribution in [3.63, 3.8) is 0 Å². The average Bonchev–Trinajstić information content (AvgIpc) is 2.28. The molecule has 0 spiro atoms. The lowest BCUT2D eigenvalue weighted by Gasteiger charge is -2.05. The molecule has 1 N–H and O–H groups in total. The number of hydrogen-bond acceptors (Lipinski definition) is 2. The van der Waals surface area contributed by atoms with E-state index >= 15 is 0 Å². The number of aromatic nitrogens is 1. The SMILES string of the molecule is Cc1cc(C)cc(-c2cccc(CO)n2)c1. The van der Waals surface area contributed by atoms with E-state index in [1.54, 1.807) is 0 Å². The summed E-state index contributed by atoms with van der Waals surface area (Å²) in [6.07, 6.45) is 0. The Morgan fingerprint density at radius 1 is 1.06 bits per heavy atom. The monoisotopic (exact) mass is 213 g/mol. The number of nitrogens with zero attached hydrogens (tertiary/aromatic N) is 1. The molecule has 0 radical (unpaired) electrons. The lowest BCUT2D eigenvalue weighted by molar-refractivity contribution is 0.277. The highest BCUT2D eigenvalue weighted by atomic mass is 16.3. The Hall–Kier alpha value is -1.67. The topological polar surface area (TPSA) is 33.1 Å². The summed E-state index contributed by atoms with van der Waals surface area (Å²) >= 11 is 0. The van der Waals surface area contributed by atoms with Crippen LogP contribution in [-0.4, -0.2) is 10.1 Å². The van der Waals surface area contributed by atoms with Gasteiger partial charge in [-0.25, -0.2) is 0 Å². The second-order valence-electron chi connectivity index (χ2n) is 4.05. The molecule has 1 heterocycles. The maximum atomic E-state index is 9.06. The Balaban J connectivity index is 2.49. The Morgan fingerprint density at radius 2 is 1.75 bits per heavy atom. The van der Waals surface area contributed by atoms with Crippen LogP contribution in [0.15, 0.2) is 36.4 Å². The van der Waals surface area contributed by atoms with Crippen molar-refractivity contribution >= 4 is 0 Å². The third-order valence-corrected chi connectivity index (χ3v) is 2.49. The molecule has 1 aromatic heterocycles. The molecule has 2 rings (SSSR count). The van der Waals surface area contributed by atoms with Gasteiger partial charge in [-0.3, -0.25) is 4.98 Å². The van der Waals surface area contributed by atoms with Crippen molar-refractivity contribution in [2.24, 2.45) is 0 Å². The molecule has 0 amide bonds. The van der Waals surface area contributed by atoms with Gasteiger partial charge < -0.3 is 5.11 Å². The first-order chi connectivity index (χ1) is 7.69. The van der Waals surface area contributed by atoms with Crippen molar-refractivity contribution in [3.05, 3.63) is 53.2 Å². The van der Waals surface area contributed by atoms with Gasteiger partial charge in [0.1, 0.15) is 0 Å².